The van der Waals surface area contributed by atoms with E-state index in [0.717, 1.165) is 18.6 Å². The van der Waals surface area contributed by atoms with E-state index in [0.29, 0.717) is 11.0 Å². The van der Waals surface area contributed by atoms with E-state index in [9.17, 15) is 9.90 Å². The summed E-state index contributed by atoms with van der Waals surface area (Å²) in [6.45, 7) is 2.31. The summed E-state index contributed by atoms with van der Waals surface area (Å²) in [5.41, 5.74) is 0. The smallest absolute Gasteiger partial charge is 0.315 e. The summed E-state index contributed by atoms with van der Waals surface area (Å²) in [5, 5.41) is 16.1. The summed E-state index contributed by atoms with van der Waals surface area (Å²) >= 11 is 1.96. The third kappa shape index (κ3) is 4.45. The lowest BCUT2D eigenvalue weighted by molar-refractivity contribution is 0.147. The first-order valence-corrected chi connectivity index (χ1v) is 8.11. The Morgan fingerprint density at radius 1 is 1.60 bits per heavy atom. The zero-order chi connectivity index (χ0) is 14.4. The molecule has 2 amide bonds. The number of rotatable bonds is 6. The zero-order valence-corrected chi connectivity index (χ0v) is 12.5. The fourth-order valence-electron chi connectivity index (χ4n) is 2.47. The molecule has 3 atom stereocenters. The van der Waals surface area contributed by atoms with Gasteiger partial charge >= 0.3 is 6.03 Å². The van der Waals surface area contributed by atoms with Crippen LogP contribution in [0.25, 0.3) is 0 Å². The van der Waals surface area contributed by atoms with Gasteiger partial charge in [-0.05, 0) is 37.1 Å². The van der Waals surface area contributed by atoms with Crippen molar-refractivity contribution in [2.24, 2.45) is 0 Å². The van der Waals surface area contributed by atoms with E-state index in [1.807, 2.05) is 11.8 Å². The number of furan rings is 1. The molecule has 1 aromatic heterocycles. The fraction of sp³-hybridized carbons (Fsp3) is 0.643. The largest absolute Gasteiger partial charge is 0.467 e. The molecule has 3 unspecified atom stereocenters. The van der Waals surface area contributed by atoms with Crippen molar-refractivity contribution < 1.29 is 14.3 Å². The van der Waals surface area contributed by atoms with E-state index in [1.165, 1.54) is 12.7 Å². The van der Waals surface area contributed by atoms with Crippen LogP contribution in [0.4, 0.5) is 4.79 Å². The summed E-state index contributed by atoms with van der Waals surface area (Å²) in [7, 11) is 0. The van der Waals surface area contributed by atoms with Gasteiger partial charge in [-0.25, -0.2) is 4.79 Å². The minimum absolute atomic E-state index is 0.152. The number of carbonyl (C=O) groups excluding carboxylic acids is 1. The van der Waals surface area contributed by atoms with Crippen LogP contribution in [0.5, 0.6) is 0 Å². The molecule has 1 saturated carbocycles. The molecule has 5 nitrogen and oxygen atoms in total. The average molecular weight is 298 g/mol. The van der Waals surface area contributed by atoms with Crippen LogP contribution < -0.4 is 10.6 Å². The quantitative estimate of drug-likeness (QED) is 0.753. The van der Waals surface area contributed by atoms with Gasteiger partial charge in [0, 0.05) is 11.3 Å². The number of amides is 2. The highest BCUT2D eigenvalue weighted by molar-refractivity contribution is 7.99. The van der Waals surface area contributed by atoms with Crippen LogP contribution >= 0.6 is 11.8 Å². The highest BCUT2D eigenvalue weighted by Crippen LogP contribution is 2.29. The summed E-state index contributed by atoms with van der Waals surface area (Å²) in [5.74, 6) is 1.59. The van der Waals surface area contributed by atoms with Crippen LogP contribution in [-0.2, 0) is 0 Å². The van der Waals surface area contributed by atoms with Crippen molar-refractivity contribution in [3.8, 4) is 0 Å². The first kappa shape index (κ1) is 15.3. The normalized spacial score (nSPS) is 23.5. The molecule has 3 N–H and O–H groups in total. The third-order valence-electron chi connectivity index (χ3n) is 3.45. The number of urea groups is 1. The van der Waals surface area contributed by atoms with Crippen molar-refractivity contribution in [2.45, 2.75) is 43.6 Å². The minimum atomic E-state index is -0.803. The van der Waals surface area contributed by atoms with Crippen molar-refractivity contribution in [3.05, 3.63) is 24.2 Å². The van der Waals surface area contributed by atoms with Crippen LogP contribution in [0.1, 0.15) is 38.1 Å². The molecule has 1 heterocycles. The van der Waals surface area contributed by atoms with Crippen LogP contribution in [0, 0.1) is 0 Å². The molecule has 2 rings (SSSR count). The lowest BCUT2D eigenvalue weighted by atomic mass is 10.2. The number of thioether (sulfide) groups is 1. The number of hydrogen-bond acceptors (Lipinski definition) is 4. The van der Waals surface area contributed by atoms with Gasteiger partial charge in [-0.3, -0.25) is 0 Å². The Balaban J connectivity index is 1.66. The monoisotopic (exact) mass is 298 g/mol. The van der Waals surface area contributed by atoms with E-state index >= 15 is 0 Å². The van der Waals surface area contributed by atoms with Crippen molar-refractivity contribution in [1.82, 2.24) is 10.6 Å². The molecule has 0 aliphatic heterocycles. The molecular formula is C14H22N2O3S. The van der Waals surface area contributed by atoms with Gasteiger partial charge in [0.05, 0.1) is 12.8 Å². The molecule has 6 heteroatoms. The lowest BCUT2D eigenvalue weighted by Crippen LogP contribution is -2.42. The first-order valence-electron chi connectivity index (χ1n) is 7.06. The molecule has 0 spiro atoms. The maximum atomic E-state index is 11.8. The van der Waals surface area contributed by atoms with Crippen LogP contribution in [0.2, 0.25) is 0 Å². The van der Waals surface area contributed by atoms with E-state index < -0.39 is 6.10 Å². The standard InChI is InChI=1S/C14H22N2O3S/c1-2-20-11-6-5-10(8-11)16-14(18)15-9-12(17)13-4-3-7-19-13/h3-4,7,10-12,17H,2,5-6,8-9H2,1H3,(H2,15,16,18). The van der Waals surface area contributed by atoms with E-state index in [2.05, 4.69) is 17.6 Å². The highest BCUT2D eigenvalue weighted by Gasteiger charge is 2.25. The first-order chi connectivity index (χ1) is 9.69. The van der Waals surface area contributed by atoms with E-state index in [1.54, 1.807) is 12.1 Å². The summed E-state index contributed by atoms with van der Waals surface area (Å²) in [4.78, 5) is 11.8. The van der Waals surface area contributed by atoms with Gasteiger partial charge in [0.25, 0.3) is 0 Å². The SMILES string of the molecule is CCSC1CCC(NC(=O)NCC(O)c2ccco2)C1. The highest BCUT2D eigenvalue weighted by atomic mass is 32.2. The van der Waals surface area contributed by atoms with Crippen molar-refractivity contribution in [2.75, 3.05) is 12.3 Å². The number of aliphatic hydroxyl groups excluding tert-OH is 1. The van der Waals surface area contributed by atoms with Crippen LogP contribution in [0.15, 0.2) is 22.8 Å². The second-order valence-corrected chi connectivity index (χ2v) is 6.55. The molecule has 1 aliphatic carbocycles. The summed E-state index contributed by atoms with van der Waals surface area (Å²) in [6, 6.07) is 3.43. The van der Waals surface area contributed by atoms with Crippen LogP contribution in [0.3, 0.4) is 0 Å². The molecule has 20 heavy (non-hydrogen) atoms. The molecule has 0 saturated heterocycles. The Labute approximate surface area is 123 Å². The lowest BCUT2D eigenvalue weighted by Gasteiger charge is -2.15. The molecule has 112 valence electrons. The summed E-state index contributed by atoms with van der Waals surface area (Å²) in [6.07, 6.45) is 3.93. The number of nitrogens with one attached hydrogen (secondary N) is 2. The van der Waals surface area contributed by atoms with Crippen molar-refractivity contribution >= 4 is 17.8 Å². The second-order valence-electron chi connectivity index (χ2n) is 4.97. The van der Waals surface area contributed by atoms with Gasteiger partial charge in [-0.15, -0.1) is 0 Å². The molecule has 0 radical (unpaired) electrons. The Kier molecular flexibility index (Phi) is 5.79. The second kappa shape index (κ2) is 7.59. The maximum absolute atomic E-state index is 11.8. The maximum Gasteiger partial charge on any atom is 0.315 e. The van der Waals surface area contributed by atoms with Gasteiger partial charge in [0.1, 0.15) is 11.9 Å². The molecular weight excluding hydrogens is 276 g/mol. The van der Waals surface area contributed by atoms with Crippen molar-refractivity contribution in [1.29, 1.82) is 0 Å². The van der Waals surface area contributed by atoms with Gasteiger partial charge in [-0.1, -0.05) is 6.92 Å². The van der Waals surface area contributed by atoms with Gasteiger partial charge < -0.3 is 20.2 Å². The predicted molar refractivity (Wildman–Crippen MR) is 79.8 cm³/mol. The van der Waals surface area contributed by atoms with E-state index in [-0.39, 0.29) is 18.6 Å². The Morgan fingerprint density at radius 2 is 2.45 bits per heavy atom. The molecule has 1 fully saturated rings. The molecule has 1 aliphatic rings. The van der Waals surface area contributed by atoms with Gasteiger partial charge in [-0.2, -0.15) is 11.8 Å². The topological polar surface area (TPSA) is 74.5 Å². The van der Waals surface area contributed by atoms with Gasteiger partial charge in [0.15, 0.2) is 0 Å². The predicted octanol–water partition coefficient (Wildman–Crippen LogP) is 2.29. The number of carbonyl (C=O) groups is 1. The molecule has 0 bridgehead atoms. The fourth-order valence-corrected chi connectivity index (χ4v) is 3.61. The number of hydrogen-bond donors (Lipinski definition) is 3. The van der Waals surface area contributed by atoms with E-state index in [4.69, 9.17) is 4.42 Å². The average Bonchev–Trinajstić information content (AvgIpc) is 3.08. The minimum Gasteiger partial charge on any atom is -0.467 e. The Bertz CT molecular complexity index is 411. The Hall–Kier alpha value is -1.14. The molecule has 1 aromatic rings. The van der Waals surface area contributed by atoms with Gasteiger partial charge in [0.2, 0.25) is 0 Å². The third-order valence-corrected chi connectivity index (χ3v) is 4.68. The van der Waals surface area contributed by atoms with Crippen molar-refractivity contribution in [3.63, 3.8) is 0 Å². The van der Waals surface area contributed by atoms with Crippen LogP contribution in [-0.4, -0.2) is 34.7 Å². The Morgan fingerprint density at radius 3 is 3.15 bits per heavy atom. The zero-order valence-electron chi connectivity index (χ0n) is 11.7. The number of aliphatic hydroxyl groups is 1. The summed E-state index contributed by atoms with van der Waals surface area (Å²) < 4.78 is 5.08. The molecule has 0 aromatic carbocycles.